The summed E-state index contributed by atoms with van der Waals surface area (Å²) in [6.07, 6.45) is 1.93. The van der Waals surface area contributed by atoms with Crippen LogP contribution in [0.1, 0.15) is 101 Å². The van der Waals surface area contributed by atoms with Crippen LogP contribution in [0.2, 0.25) is 0 Å². The Bertz CT molecular complexity index is 3540. The van der Waals surface area contributed by atoms with E-state index in [-0.39, 0.29) is 42.7 Å². The van der Waals surface area contributed by atoms with Gasteiger partial charge in [0.05, 0.1) is 0 Å². The molecule has 0 bridgehead atoms. The van der Waals surface area contributed by atoms with Crippen molar-refractivity contribution in [1.82, 2.24) is 9.55 Å². The Labute approximate surface area is 446 Å². The van der Waals surface area contributed by atoms with Crippen molar-refractivity contribution < 1.29 is 25.8 Å². The Balaban J connectivity index is 0.00000611. The summed E-state index contributed by atoms with van der Waals surface area (Å²) in [6, 6.07) is 76.9. The number of hydrogen-bond acceptors (Lipinski definition) is 4. The summed E-state index contributed by atoms with van der Waals surface area (Å²) in [5, 5.41) is 2.24. The molecule has 0 radical (unpaired) electrons. The third kappa shape index (κ3) is 9.08. The SMILES string of the molecule is CC(C)(C)c1ccc2c(c1)c1ccc(Oc3[c-]c(N4[CH-]N(c5cc(C(C)(C)c6ccccc6)cc(C(C)(C)c6ccccc6)c5)c5ccccc54)ccc3)[c-]c1n2-c1cc(C(C)(C)c2ccccc2)ccn1.[Pt]. The van der Waals surface area contributed by atoms with E-state index in [0.717, 1.165) is 50.4 Å². The second kappa shape index (κ2) is 19.0. The summed E-state index contributed by atoms with van der Waals surface area (Å²) in [6.45, 7) is 22.8. The fourth-order valence-electron chi connectivity index (χ4n) is 10.4. The monoisotopic (exact) mass is 1130 g/mol. The van der Waals surface area contributed by atoms with E-state index in [0.29, 0.717) is 11.5 Å². The van der Waals surface area contributed by atoms with Gasteiger partial charge in [0.1, 0.15) is 5.82 Å². The summed E-state index contributed by atoms with van der Waals surface area (Å²) in [7, 11) is 0. The molecule has 0 spiro atoms. The van der Waals surface area contributed by atoms with E-state index in [1.54, 1.807) is 0 Å². The largest absolute Gasteiger partial charge is 0.509 e. The summed E-state index contributed by atoms with van der Waals surface area (Å²) in [5.41, 5.74) is 14.0. The second-order valence-electron chi connectivity index (χ2n) is 21.9. The number of nitrogens with zero attached hydrogens (tertiary/aromatic N) is 4. The zero-order chi connectivity index (χ0) is 50.0. The Morgan fingerprint density at radius 1 is 0.438 bits per heavy atom. The molecule has 3 heterocycles. The first-order valence-corrected chi connectivity index (χ1v) is 25.1. The number of fused-ring (bicyclic) bond motifs is 4. The van der Waals surface area contributed by atoms with Crippen LogP contribution >= 0.6 is 0 Å². The van der Waals surface area contributed by atoms with E-state index < -0.39 is 0 Å². The molecule has 0 fully saturated rings. The van der Waals surface area contributed by atoms with Gasteiger partial charge in [-0.2, -0.15) is 12.1 Å². The Kier molecular flexibility index (Phi) is 12.9. The topological polar surface area (TPSA) is 33.5 Å². The van der Waals surface area contributed by atoms with Crippen molar-refractivity contribution in [2.24, 2.45) is 0 Å². The van der Waals surface area contributed by atoms with Gasteiger partial charge in [-0.05, 0) is 92.2 Å². The first kappa shape index (κ1) is 49.4. The maximum absolute atomic E-state index is 6.78. The van der Waals surface area contributed by atoms with Crippen LogP contribution in [0.15, 0.2) is 200 Å². The van der Waals surface area contributed by atoms with E-state index in [1.807, 2.05) is 24.4 Å². The maximum atomic E-state index is 6.78. The van der Waals surface area contributed by atoms with Crippen molar-refractivity contribution in [2.75, 3.05) is 9.80 Å². The van der Waals surface area contributed by atoms with E-state index in [1.165, 1.54) is 38.9 Å². The fraction of sp³-hybridized carbons (Fsp3) is 0.194. The number of aromatic nitrogens is 2. The summed E-state index contributed by atoms with van der Waals surface area (Å²) >= 11 is 0. The van der Waals surface area contributed by atoms with Crippen LogP contribution in [-0.2, 0) is 42.7 Å². The van der Waals surface area contributed by atoms with Gasteiger partial charge in [0.25, 0.3) is 0 Å². The number of benzene rings is 8. The third-order valence-corrected chi connectivity index (χ3v) is 15.2. The average Bonchev–Trinajstić information content (AvgIpc) is 3.95. The molecule has 10 aromatic rings. The number of para-hydroxylation sites is 2. The third-order valence-electron chi connectivity index (χ3n) is 15.2. The number of rotatable bonds is 11. The van der Waals surface area contributed by atoms with Crippen molar-refractivity contribution in [1.29, 1.82) is 0 Å². The number of hydrogen-bond donors (Lipinski definition) is 0. The molecule has 0 saturated heterocycles. The predicted molar refractivity (Wildman–Crippen MR) is 299 cm³/mol. The van der Waals surface area contributed by atoms with Crippen molar-refractivity contribution in [3.8, 4) is 17.3 Å². The molecule has 73 heavy (non-hydrogen) atoms. The van der Waals surface area contributed by atoms with Gasteiger partial charge in [-0.15, -0.1) is 48.1 Å². The van der Waals surface area contributed by atoms with Crippen molar-refractivity contribution in [3.63, 3.8) is 0 Å². The molecule has 0 saturated carbocycles. The van der Waals surface area contributed by atoms with Crippen LogP contribution in [0.4, 0.5) is 22.7 Å². The van der Waals surface area contributed by atoms with Gasteiger partial charge in [0.2, 0.25) is 0 Å². The minimum atomic E-state index is -0.263. The minimum absolute atomic E-state index is 0. The molecule has 0 unspecified atom stereocenters. The van der Waals surface area contributed by atoms with Crippen LogP contribution in [0, 0.1) is 18.8 Å². The van der Waals surface area contributed by atoms with E-state index in [9.17, 15) is 0 Å². The summed E-state index contributed by atoms with van der Waals surface area (Å²) in [4.78, 5) is 9.56. The fourth-order valence-corrected chi connectivity index (χ4v) is 10.4. The molecule has 1 aliphatic rings. The van der Waals surface area contributed by atoms with E-state index in [2.05, 4.69) is 271 Å². The maximum Gasteiger partial charge on any atom is 0.135 e. The molecule has 0 atom stereocenters. The second-order valence-corrected chi connectivity index (χ2v) is 21.9. The summed E-state index contributed by atoms with van der Waals surface area (Å²) in [5.74, 6) is 2.02. The van der Waals surface area contributed by atoms with Crippen molar-refractivity contribution in [3.05, 3.63) is 258 Å². The van der Waals surface area contributed by atoms with Crippen LogP contribution in [0.25, 0.3) is 27.6 Å². The van der Waals surface area contributed by atoms with E-state index >= 15 is 0 Å². The predicted octanol–water partition coefficient (Wildman–Crippen LogP) is 17.3. The van der Waals surface area contributed by atoms with Crippen molar-refractivity contribution in [2.45, 2.75) is 84.0 Å². The standard InChI is InChI=1S/C67H61N4O.Pt/c1-64(2,3)49-32-35-59-58(41-49)57-34-33-56(44-62(57)71(59)63-42-50(36-37-68-63)65(4,5)46-22-13-10-14-23-46)72-55-29-21-28-53(43-55)69-45-70(61-31-20-19-30-60(61)69)54-39-51(66(6,7)47-24-15-11-16-25-47)38-52(40-54)67(8,9)48-26-17-12-18-27-48;/h10-42,45H,1-9H3;/q-3;. The zero-order valence-electron chi connectivity index (χ0n) is 43.1. The number of pyridine rings is 1. The van der Waals surface area contributed by atoms with Gasteiger partial charge >= 0.3 is 0 Å². The van der Waals surface area contributed by atoms with Crippen LogP contribution in [-0.4, -0.2) is 9.55 Å². The van der Waals surface area contributed by atoms with Gasteiger partial charge in [-0.3, -0.25) is 0 Å². The number of anilines is 4. The van der Waals surface area contributed by atoms with Crippen molar-refractivity contribution >= 4 is 44.6 Å². The van der Waals surface area contributed by atoms with E-state index in [4.69, 9.17) is 9.72 Å². The first-order valence-electron chi connectivity index (χ1n) is 25.1. The zero-order valence-corrected chi connectivity index (χ0v) is 45.4. The number of ether oxygens (including phenoxy) is 1. The first-order chi connectivity index (χ1) is 34.6. The Hall–Kier alpha value is -7.20. The molecule has 368 valence electrons. The molecule has 0 amide bonds. The molecule has 11 rings (SSSR count). The van der Waals surface area contributed by atoms with Gasteiger partial charge in [0.15, 0.2) is 0 Å². The normalized spacial score (nSPS) is 13.1. The van der Waals surface area contributed by atoms with Crippen LogP contribution in [0.5, 0.6) is 11.5 Å². The molecule has 2 aromatic heterocycles. The molecular weight excluding hydrogens is 1070 g/mol. The molecule has 8 aromatic carbocycles. The quantitative estimate of drug-likeness (QED) is 0.121. The summed E-state index contributed by atoms with van der Waals surface area (Å²) < 4.78 is 9.02. The Morgan fingerprint density at radius 3 is 1.58 bits per heavy atom. The molecule has 5 nitrogen and oxygen atoms in total. The molecule has 6 heteroatoms. The van der Waals surface area contributed by atoms with Gasteiger partial charge in [-0.25, -0.2) is 4.98 Å². The van der Waals surface area contributed by atoms with Crippen LogP contribution < -0.4 is 14.5 Å². The van der Waals surface area contributed by atoms with Gasteiger partial charge in [0, 0.05) is 77.6 Å². The minimum Gasteiger partial charge on any atom is -0.509 e. The molecule has 1 aliphatic heterocycles. The van der Waals surface area contributed by atoms with Gasteiger partial charge < -0.3 is 19.1 Å². The Morgan fingerprint density at radius 2 is 0.986 bits per heavy atom. The molecule has 0 aliphatic carbocycles. The molecular formula is C67H61N4OPt-3. The molecule has 0 N–H and O–H groups in total. The average molecular weight is 1130 g/mol. The van der Waals surface area contributed by atoms with Gasteiger partial charge in [-0.1, -0.05) is 189 Å². The smallest absolute Gasteiger partial charge is 0.135 e. The van der Waals surface area contributed by atoms with Crippen LogP contribution in [0.3, 0.4) is 0 Å².